The molecule has 56 heavy (non-hydrogen) atoms. The maximum Gasteiger partial charge on any atom is 0.257 e. The molecule has 0 N–H and O–H groups in total. The van der Waals surface area contributed by atoms with E-state index in [4.69, 9.17) is 0 Å². The predicted octanol–water partition coefficient (Wildman–Crippen LogP) is 10.6. The lowest BCUT2D eigenvalue weighted by molar-refractivity contribution is 0.664. The number of aromatic nitrogens is 2. The Bertz CT molecular complexity index is 2830. The number of hydrogen-bond acceptors (Lipinski definition) is 2. The molecule has 2 aromatic heterocycles. The molecule has 270 valence electrons. The molecule has 2 aliphatic carbocycles. The second kappa shape index (κ2) is 12.4. The van der Waals surface area contributed by atoms with E-state index in [1.165, 1.54) is 116 Å². The van der Waals surface area contributed by atoms with Gasteiger partial charge in [-0.2, -0.15) is 0 Å². The molecule has 0 radical (unpaired) electrons. The molecule has 0 amide bonds. The molecule has 12 rings (SSSR count). The van der Waals surface area contributed by atoms with Gasteiger partial charge in [-0.1, -0.05) is 84.9 Å². The SMILES string of the molecule is Cc1cc2c3c(c1)N(c1ccc4ccccc4c1)c1c(c4c(n1-c1ccccc1)CCCC4)B3c1c3c(n(-c4ccccc4)c1N2c1ccccc1)CCCC3. The zero-order valence-electron chi connectivity index (χ0n) is 31.9. The monoisotopic (exact) mass is 722 g/mol. The second-order valence-corrected chi connectivity index (χ2v) is 16.3. The number of rotatable bonds is 4. The van der Waals surface area contributed by atoms with E-state index in [0.717, 1.165) is 25.7 Å². The molecule has 2 aliphatic heterocycles. The van der Waals surface area contributed by atoms with Crippen LogP contribution in [0.2, 0.25) is 0 Å². The standard InChI is InChI=1S/C51H43BN4/c1-34-31-45-49-46(32-34)56(40-30-29-35-17-11-12-18-36(35)33-40)51-48(42-26-14-16-28-44(42)54(51)38-21-7-3-8-22-38)52(49)47-41-25-13-15-27-43(41)53(37-19-5-2-6-20-37)50(47)55(45)39-23-9-4-10-24-39/h2-12,17-24,29-33H,13-16,25-28H2,1H3. The Morgan fingerprint density at radius 3 is 1.43 bits per heavy atom. The minimum absolute atomic E-state index is 0.107. The Labute approximate surface area is 329 Å². The van der Waals surface area contributed by atoms with Crippen LogP contribution >= 0.6 is 0 Å². The van der Waals surface area contributed by atoms with Crippen LogP contribution in [-0.2, 0) is 25.7 Å². The zero-order chi connectivity index (χ0) is 36.9. The summed E-state index contributed by atoms with van der Waals surface area (Å²) in [6, 6.07) is 54.5. The molecule has 0 saturated carbocycles. The summed E-state index contributed by atoms with van der Waals surface area (Å²) >= 11 is 0. The van der Waals surface area contributed by atoms with Crippen LogP contribution < -0.4 is 26.2 Å². The average Bonchev–Trinajstić information content (AvgIpc) is 3.78. The number of nitrogens with zero attached hydrogens (tertiary/aromatic N) is 4. The topological polar surface area (TPSA) is 16.3 Å². The molecule has 0 atom stereocenters. The third kappa shape index (κ3) is 4.54. The second-order valence-electron chi connectivity index (χ2n) is 16.3. The highest BCUT2D eigenvalue weighted by Gasteiger charge is 2.50. The van der Waals surface area contributed by atoms with Gasteiger partial charge in [0.05, 0.1) is 0 Å². The summed E-state index contributed by atoms with van der Waals surface area (Å²) in [4.78, 5) is 5.29. The minimum Gasteiger partial charge on any atom is -0.300 e. The summed E-state index contributed by atoms with van der Waals surface area (Å²) in [5.41, 5.74) is 19.4. The van der Waals surface area contributed by atoms with E-state index in [1.54, 1.807) is 11.1 Å². The highest BCUT2D eigenvalue weighted by Crippen LogP contribution is 2.49. The third-order valence-corrected chi connectivity index (χ3v) is 13.1. The fourth-order valence-electron chi connectivity index (χ4n) is 10.9. The van der Waals surface area contributed by atoms with Crippen LogP contribution in [-0.4, -0.2) is 15.8 Å². The maximum absolute atomic E-state index is 2.67. The van der Waals surface area contributed by atoms with E-state index in [2.05, 4.69) is 171 Å². The number of anilines is 6. The Morgan fingerprint density at radius 1 is 0.411 bits per heavy atom. The van der Waals surface area contributed by atoms with Crippen LogP contribution in [0, 0.1) is 6.92 Å². The van der Waals surface area contributed by atoms with Crippen molar-refractivity contribution in [2.45, 2.75) is 58.3 Å². The molecule has 0 bridgehead atoms. The van der Waals surface area contributed by atoms with Gasteiger partial charge in [0, 0.05) is 45.5 Å². The Hall–Kier alpha value is -6.20. The van der Waals surface area contributed by atoms with E-state index in [9.17, 15) is 0 Å². The third-order valence-electron chi connectivity index (χ3n) is 13.1. The Kier molecular flexibility index (Phi) is 7.11. The highest BCUT2D eigenvalue weighted by atomic mass is 15.3. The van der Waals surface area contributed by atoms with E-state index in [-0.39, 0.29) is 6.71 Å². The van der Waals surface area contributed by atoms with Crippen LogP contribution in [0.1, 0.15) is 53.8 Å². The van der Waals surface area contributed by atoms with Gasteiger partial charge in [-0.05, 0) is 163 Å². The number of fused-ring (bicyclic) bond motifs is 9. The summed E-state index contributed by atoms with van der Waals surface area (Å²) < 4.78 is 5.34. The normalized spacial score (nSPS) is 15.3. The van der Waals surface area contributed by atoms with E-state index in [1.807, 2.05) is 0 Å². The average molecular weight is 723 g/mol. The zero-order valence-corrected chi connectivity index (χ0v) is 31.9. The van der Waals surface area contributed by atoms with Crippen molar-refractivity contribution in [1.82, 2.24) is 9.13 Å². The summed E-state index contributed by atoms with van der Waals surface area (Å²) in [7, 11) is 0. The lowest BCUT2D eigenvalue weighted by Crippen LogP contribution is -2.62. The lowest BCUT2D eigenvalue weighted by Gasteiger charge is -2.44. The molecule has 0 saturated heterocycles. The first kappa shape index (κ1) is 32.1. The Balaban J connectivity index is 1.27. The fourth-order valence-corrected chi connectivity index (χ4v) is 10.9. The van der Waals surface area contributed by atoms with Crippen LogP contribution in [0.15, 0.2) is 146 Å². The summed E-state index contributed by atoms with van der Waals surface area (Å²) in [5.74, 6) is 2.65. The van der Waals surface area contributed by atoms with Crippen molar-refractivity contribution in [3.63, 3.8) is 0 Å². The summed E-state index contributed by atoms with van der Waals surface area (Å²) in [6.45, 7) is 2.40. The van der Waals surface area contributed by atoms with Gasteiger partial charge < -0.3 is 9.13 Å². The van der Waals surface area contributed by atoms with Crippen molar-refractivity contribution in [1.29, 1.82) is 0 Å². The van der Waals surface area contributed by atoms with Gasteiger partial charge in [-0.15, -0.1) is 0 Å². The van der Waals surface area contributed by atoms with Crippen LogP contribution in [0.3, 0.4) is 0 Å². The number of hydrogen-bond donors (Lipinski definition) is 0. The van der Waals surface area contributed by atoms with Gasteiger partial charge in [0.25, 0.3) is 6.71 Å². The van der Waals surface area contributed by atoms with E-state index >= 15 is 0 Å². The molecular formula is C51H43BN4. The lowest BCUT2D eigenvalue weighted by atomic mass is 9.32. The van der Waals surface area contributed by atoms with Gasteiger partial charge in [0.1, 0.15) is 11.6 Å². The fraction of sp³-hybridized carbons (Fsp3) is 0.176. The van der Waals surface area contributed by atoms with Gasteiger partial charge in [-0.3, -0.25) is 9.80 Å². The van der Waals surface area contributed by atoms with Gasteiger partial charge in [0.2, 0.25) is 0 Å². The van der Waals surface area contributed by atoms with Gasteiger partial charge in [-0.25, -0.2) is 0 Å². The van der Waals surface area contributed by atoms with Crippen molar-refractivity contribution in [3.8, 4) is 11.4 Å². The van der Waals surface area contributed by atoms with Crippen LogP contribution in [0.4, 0.5) is 34.4 Å². The maximum atomic E-state index is 2.67. The molecule has 4 heterocycles. The molecule has 8 aromatic rings. The van der Waals surface area contributed by atoms with E-state index in [0.29, 0.717) is 0 Å². The van der Waals surface area contributed by atoms with Crippen molar-refractivity contribution < 1.29 is 0 Å². The number of benzene rings is 6. The van der Waals surface area contributed by atoms with Crippen molar-refractivity contribution in [2.75, 3.05) is 9.80 Å². The van der Waals surface area contributed by atoms with Crippen LogP contribution in [0.25, 0.3) is 22.1 Å². The molecule has 4 aliphatic rings. The predicted molar refractivity (Wildman–Crippen MR) is 235 cm³/mol. The quantitative estimate of drug-likeness (QED) is 0.168. The molecule has 6 aromatic carbocycles. The van der Waals surface area contributed by atoms with Crippen molar-refractivity contribution in [3.05, 3.63) is 174 Å². The first-order valence-electron chi connectivity index (χ1n) is 20.7. The largest absolute Gasteiger partial charge is 0.300 e. The number of aryl methyl sites for hydroxylation is 1. The minimum atomic E-state index is 0.107. The molecule has 0 spiro atoms. The summed E-state index contributed by atoms with van der Waals surface area (Å²) in [6.07, 6.45) is 9.28. The van der Waals surface area contributed by atoms with Gasteiger partial charge in [0.15, 0.2) is 0 Å². The first-order valence-corrected chi connectivity index (χ1v) is 20.7. The first-order chi connectivity index (χ1) is 27.7. The molecule has 5 heteroatoms. The van der Waals surface area contributed by atoms with Crippen molar-refractivity contribution >= 4 is 68.3 Å². The Morgan fingerprint density at radius 2 is 0.875 bits per heavy atom. The van der Waals surface area contributed by atoms with E-state index < -0.39 is 0 Å². The number of para-hydroxylation sites is 3. The van der Waals surface area contributed by atoms with Crippen LogP contribution in [0.5, 0.6) is 0 Å². The molecule has 0 fully saturated rings. The smallest absolute Gasteiger partial charge is 0.257 e. The van der Waals surface area contributed by atoms with Crippen molar-refractivity contribution in [2.24, 2.45) is 0 Å². The molecule has 0 unspecified atom stereocenters. The highest BCUT2D eigenvalue weighted by molar-refractivity contribution is 7.01. The molecule has 4 nitrogen and oxygen atoms in total. The molecular weight excluding hydrogens is 679 g/mol. The van der Waals surface area contributed by atoms with Gasteiger partial charge >= 0.3 is 0 Å². The summed E-state index contributed by atoms with van der Waals surface area (Å²) in [5, 5.41) is 2.53.